The van der Waals surface area contributed by atoms with Gasteiger partial charge in [-0.15, -0.1) is 0 Å². The molecule has 0 fully saturated rings. The summed E-state index contributed by atoms with van der Waals surface area (Å²) in [6.07, 6.45) is 2.21. The minimum atomic E-state index is -0.770. The van der Waals surface area contributed by atoms with Crippen molar-refractivity contribution in [1.29, 1.82) is 0 Å². The third-order valence-electron chi connectivity index (χ3n) is 4.09. The number of amides is 1. The van der Waals surface area contributed by atoms with E-state index in [2.05, 4.69) is 26.2 Å². The molecule has 0 unspecified atom stereocenters. The van der Waals surface area contributed by atoms with E-state index in [1.807, 2.05) is 36.5 Å². The Labute approximate surface area is 159 Å². The fraction of sp³-hybridized carbons (Fsp3) is 0.200. The molecule has 2 N–H and O–H groups in total. The first kappa shape index (κ1) is 18.2. The number of ether oxygens (including phenoxy) is 1. The minimum absolute atomic E-state index is 0.258. The first-order valence-electron chi connectivity index (χ1n) is 8.37. The summed E-state index contributed by atoms with van der Waals surface area (Å²) in [5.41, 5.74) is 2.41. The van der Waals surface area contributed by atoms with Crippen molar-refractivity contribution >= 4 is 38.7 Å². The summed E-state index contributed by atoms with van der Waals surface area (Å²) in [5.74, 6) is -0.770. The number of para-hydroxylation sites is 1. The molecule has 0 aliphatic rings. The van der Waals surface area contributed by atoms with Gasteiger partial charge in [0.1, 0.15) is 6.04 Å². The lowest BCUT2D eigenvalue weighted by Gasteiger charge is -2.17. The van der Waals surface area contributed by atoms with Crippen LogP contribution in [0.3, 0.4) is 0 Å². The molecule has 1 heterocycles. The van der Waals surface area contributed by atoms with Gasteiger partial charge in [0.15, 0.2) is 0 Å². The largest absolute Gasteiger partial charge is 0.464 e. The van der Waals surface area contributed by atoms with E-state index in [0.29, 0.717) is 16.5 Å². The molecule has 3 rings (SSSR count). The smallest absolute Gasteiger partial charge is 0.328 e. The average molecular weight is 415 g/mol. The maximum absolute atomic E-state index is 12.6. The van der Waals surface area contributed by atoms with Gasteiger partial charge in [0, 0.05) is 28.0 Å². The summed E-state index contributed by atoms with van der Waals surface area (Å²) in [4.78, 5) is 28.2. The number of fused-ring (bicyclic) bond motifs is 1. The summed E-state index contributed by atoms with van der Waals surface area (Å²) >= 11 is 3.37. The van der Waals surface area contributed by atoms with Gasteiger partial charge in [0.2, 0.25) is 0 Å². The number of carbonyl (C=O) groups excluding carboxylic acids is 2. The van der Waals surface area contributed by atoms with Gasteiger partial charge < -0.3 is 15.0 Å². The van der Waals surface area contributed by atoms with Gasteiger partial charge in [0.25, 0.3) is 5.91 Å². The van der Waals surface area contributed by atoms with Crippen LogP contribution in [0.5, 0.6) is 0 Å². The number of nitrogens with one attached hydrogen (secondary N) is 2. The van der Waals surface area contributed by atoms with Gasteiger partial charge in [-0.2, -0.15) is 0 Å². The lowest BCUT2D eigenvalue weighted by atomic mass is 10.0. The number of halogens is 1. The highest BCUT2D eigenvalue weighted by Crippen LogP contribution is 2.20. The second kappa shape index (κ2) is 8.19. The molecular weight excluding hydrogens is 396 g/mol. The van der Waals surface area contributed by atoms with Crippen molar-refractivity contribution in [3.8, 4) is 0 Å². The van der Waals surface area contributed by atoms with Crippen LogP contribution in [0.15, 0.2) is 59.2 Å². The number of benzene rings is 2. The summed E-state index contributed by atoms with van der Waals surface area (Å²) in [6, 6.07) is 14.2. The van der Waals surface area contributed by atoms with Crippen LogP contribution in [0.2, 0.25) is 0 Å². The molecule has 1 aromatic heterocycles. The van der Waals surface area contributed by atoms with E-state index in [0.717, 1.165) is 16.5 Å². The van der Waals surface area contributed by atoms with Crippen molar-refractivity contribution in [2.45, 2.75) is 19.4 Å². The Bertz CT molecular complexity index is 935. The minimum Gasteiger partial charge on any atom is -0.464 e. The fourth-order valence-corrected chi connectivity index (χ4v) is 3.30. The number of rotatable bonds is 6. The molecule has 5 nitrogen and oxygen atoms in total. The Balaban J connectivity index is 1.84. The second-order valence-electron chi connectivity index (χ2n) is 5.82. The number of aromatic nitrogens is 1. The molecule has 134 valence electrons. The first-order valence-corrected chi connectivity index (χ1v) is 9.16. The molecule has 0 saturated carbocycles. The first-order chi connectivity index (χ1) is 12.6. The normalized spacial score (nSPS) is 11.9. The van der Waals surface area contributed by atoms with E-state index in [1.54, 1.807) is 25.1 Å². The van der Waals surface area contributed by atoms with E-state index >= 15 is 0 Å². The molecule has 2 aromatic carbocycles. The van der Waals surface area contributed by atoms with Crippen LogP contribution in [0.4, 0.5) is 0 Å². The van der Waals surface area contributed by atoms with Crippen LogP contribution in [0.25, 0.3) is 10.9 Å². The van der Waals surface area contributed by atoms with Crippen molar-refractivity contribution < 1.29 is 14.3 Å². The summed E-state index contributed by atoms with van der Waals surface area (Å²) in [7, 11) is 0. The standard InChI is InChI=1S/C20H19BrN2O3/c1-2-26-20(25)18(23-19(24)15-8-3-5-9-16(15)21)11-13-12-22-17-10-6-4-7-14(13)17/h3-10,12,18,22H,2,11H2,1H3,(H,23,24)/t18-/m0/s1. The fourth-order valence-electron chi connectivity index (χ4n) is 2.84. The SMILES string of the molecule is CCOC(=O)[C@H](Cc1c[nH]c2ccccc12)NC(=O)c1ccccc1Br. The second-order valence-corrected chi connectivity index (χ2v) is 6.68. The molecule has 0 saturated heterocycles. The highest BCUT2D eigenvalue weighted by atomic mass is 79.9. The van der Waals surface area contributed by atoms with E-state index in [9.17, 15) is 9.59 Å². The van der Waals surface area contributed by atoms with E-state index < -0.39 is 12.0 Å². The zero-order valence-electron chi connectivity index (χ0n) is 14.3. The summed E-state index contributed by atoms with van der Waals surface area (Å²) in [5, 5.41) is 3.83. The van der Waals surface area contributed by atoms with Crippen molar-refractivity contribution in [1.82, 2.24) is 10.3 Å². The highest BCUT2D eigenvalue weighted by Gasteiger charge is 2.25. The van der Waals surface area contributed by atoms with E-state index in [4.69, 9.17) is 4.74 Å². The Morgan fingerprint density at radius 2 is 1.88 bits per heavy atom. The van der Waals surface area contributed by atoms with Crippen molar-refractivity contribution in [2.75, 3.05) is 6.61 Å². The van der Waals surface area contributed by atoms with Crippen molar-refractivity contribution in [2.24, 2.45) is 0 Å². The van der Waals surface area contributed by atoms with Gasteiger partial charge in [0.05, 0.1) is 12.2 Å². The quantitative estimate of drug-likeness (QED) is 0.601. The number of aromatic amines is 1. The molecule has 6 heteroatoms. The molecule has 0 aliphatic carbocycles. The monoisotopic (exact) mass is 414 g/mol. The Morgan fingerprint density at radius 1 is 1.15 bits per heavy atom. The third-order valence-corrected chi connectivity index (χ3v) is 4.79. The lowest BCUT2D eigenvalue weighted by Crippen LogP contribution is -2.43. The van der Waals surface area contributed by atoms with Crippen LogP contribution in [0.1, 0.15) is 22.8 Å². The molecule has 0 aliphatic heterocycles. The van der Waals surface area contributed by atoms with Crippen LogP contribution >= 0.6 is 15.9 Å². The average Bonchev–Trinajstić information content (AvgIpc) is 3.05. The number of carbonyl (C=O) groups is 2. The summed E-state index contributed by atoms with van der Waals surface area (Å²) in [6.45, 7) is 2.00. The van der Waals surface area contributed by atoms with Crippen LogP contribution in [-0.4, -0.2) is 29.5 Å². The van der Waals surface area contributed by atoms with Crippen molar-refractivity contribution in [3.05, 3.63) is 70.3 Å². The van der Waals surface area contributed by atoms with Crippen LogP contribution < -0.4 is 5.32 Å². The molecule has 0 radical (unpaired) electrons. The van der Waals surface area contributed by atoms with Crippen molar-refractivity contribution in [3.63, 3.8) is 0 Å². The summed E-state index contributed by atoms with van der Waals surface area (Å²) < 4.78 is 5.83. The zero-order valence-corrected chi connectivity index (χ0v) is 15.9. The van der Waals surface area contributed by atoms with Crippen LogP contribution in [-0.2, 0) is 16.0 Å². The Kier molecular flexibility index (Phi) is 5.73. The zero-order chi connectivity index (χ0) is 18.5. The lowest BCUT2D eigenvalue weighted by molar-refractivity contribution is -0.145. The number of hydrogen-bond acceptors (Lipinski definition) is 3. The Hall–Kier alpha value is -2.60. The van der Waals surface area contributed by atoms with Gasteiger partial charge in [-0.05, 0) is 46.6 Å². The molecule has 0 spiro atoms. The third kappa shape index (κ3) is 3.96. The van der Waals surface area contributed by atoms with Gasteiger partial charge in [-0.25, -0.2) is 4.79 Å². The highest BCUT2D eigenvalue weighted by molar-refractivity contribution is 9.10. The van der Waals surface area contributed by atoms with E-state index in [1.165, 1.54) is 0 Å². The molecule has 0 bridgehead atoms. The molecule has 26 heavy (non-hydrogen) atoms. The maximum Gasteiger partial charge on any atom is 0.328 e. The predicted molar refractivity (Wildman–Crippen MR) is 104 cm³/mol. The Morgan fingerprint density at radius 3 is 2.65 bits per heavy atom. The molecule has 3 aromatic rings. The molecular formula is C20H19BrN2O3. The van der Waals surface area contributed by atoms with Gasteiger partial charge in [-0.3, -0.25) is 4.79 Å². The molecule has 1 amide bonds. The van der Waals surface area contributed by atoms with Crippen LogP contribution in [0, 0.1) is 0 Å². The number of esters is 1. The molecule has 1 atom stereocenters. The number of hydrogen-bond donors (Lipinski definition) is 2. The van der Waals surface area contributed by atoms with E-state index in [-0.39, 0.29) is 12.5 Å². The maximum atomic E-state index is 12.6. The van der Waals surface area contributed by atoms with Gasteiger partial charge in [-0.1, -0.05) is 30.3 Å². The number of H-pyrrole nitrogens is 1. The topological polar surface area (TPSA) is 71.2 Å². The van der Waals surface area contributed by atoms with Gasteiger partial charge >= 0.3 is 5.97 Å². The predicted octanol–water partition coefficient (Wildman–Crippen LogP) is 3.83.